The molecule has 6 heteroatoms. The van der Waals surface area contributed by atoms with Crippen molar-refractivity contribution in [2.24, 2.45) is 0 Å². The summed E-state index contributed by atoms with van der Waals surface area (Å²) in [5, 5.41) is 3.12. The Bertz CT molecular complexity index is 512. The zero-order valence-corrected chi connectivity index (χ0v) is 15.5. The predicted molar refractivity (Wildman–Crippen MR) is 92.9 cm³/mol. The van der Waals surface area contributed by atoms with Crippen molar-refractivity contribution in [3.05, 3.63) is 28.2 Å². The maximum Gasteiger partial charge on any atom is 0.323 e. The molecule has 0 bridgehead atoms. The van der Waals surface area contributed by atoms with Crippen LogP contribution in [0.2, 0.25) is 0 Å². The lowest BCUT2D eigenvalue weighted by molar-refractivity contribution is -0.142. The molecule has 1 N–H and O–H groups in total. The number of ether oxygens (including phenoxy) is 2. The van der Waals surface area contributed by atoms with Crippen molar-refractivity contribution in [3.63, 3.8) is 0 Å². The van der Waals surface area contributed by atoms with E-state index in [-0.39, 0.29) is 30.5 Å². The molecule has 1 aromatic carbocycles. The van der Waals surface area contributed by atoms with Crippen LogP contribution in [0.4, 0.5) is 0 Å². The van der Waals surface area contributed by atoms with E-state index in [1.54, 1.807) is 0 Å². The fourth-order valence-electron chi connectivity index (χ4n) is 2.45. The molecule has 3 unspecified atom stereocenters. The Balaban J connectivity index is 0.00000242. The molecule has 1 aliphatic heterocycles. The van der Waals surface area contributed by atoms with Gasteiger partial charge in [-0.05, 0) is 46.0 Å². The molecule has 3 atom stereocenters. The first-order valence-corrected chi connectivity index (χ1v) is 8.11. The molecular formula is C16H23BrClNO3. The Morgan fingerprint density at radius 3 is 2.82 bits per heavy atom. The van der Waals surface area contributed by atoms with Crippen LogP contribution in [-0.2, 0) is 9.53 Å². The van der Waals surface area contributed by atoms with Crippen LogP contribution in [0, 0.1) is 0 Å². The number of nitrogens with one attached hydrogen (secondary N) is 1. The molecule has 0 amide bonds. The molecule has 0 aliphatic carbocycles. The van der Waals surface area contributed by atoms with Gasteiger partial charge in [0, 0.05) is 13.0 Å². The topological polar surface area (TPSA) is 47.6 Å². The molecule has 1 saturated heterocycles. The number of halogens is 2. The maximum atomic E-state index is 11.5. The van der Waals surface area contributed by atoms with Crippen molar-refractivity contribution in [1.82, 2.24) is 5.32 Å². The molecule has 22 heavy (non-hydrogen) atoms. The van der Waals surface area contributed by atoms with Gasteiger partial charge in [-0.2, -0.15) is 0 Å². The van der Waals surface area contributed by atoms with E-state index in [0.29, 0.717) is 18.9 Å². The normalized spacial score (nSPS) is 21.8. The first-order valence-electron chi connectivity index (χ1n) is 7.32. The average molecular weight is 393 g/mol. The van der Waals surface area contributed by atoms with Crippen molar-refractivity contribution < 1.29 is 14.3 Å². The molecule has 0 spiro atoms. The van der Waals surface area contributed by atoms with E-state index < -0.39 is 0 Å². The van der Waals surface area contributed by atoms with Crippen molar-refractivity contribution in [3.8, 4) is 5.75 Å². The lowest BCUT2D eigenvalue weighted by Crippen LogP contribution is -2.31. The number of esters is 1. The molecular weight excluding hydrogens is 370 g/mol. The molecule has 124 valence electrons. The number of carbonyl (C=O) groups is 1. The minimum absolute atomic E-state index is 0. The lowest BCUT2D eigenvalue weighted by atomic mass is 9.99. The van der Waals surface area contributed by atoms with Gasteiger partial charge in [0.05, 0.1) is 11.6 Å². The molecule has 1 aliphatic rings. The summed E-state index contributed by atoms with van der Waals surface area (Å²) in [6.07, 6.45) is 1.73. The van der Waals surface area contributed by atoms with E-state index in [2.05, 4.69) is 47.2 Å². The fraction of sp³-hybridized carbons (Fsp3) is 0.562. The van der Waals surface area contributed by atoms with E-state index in [0.717, 1.165) is 16.6 Å². The third kappa shape index (κ3) is 4.61. The van der Waals surface area contributed by atoms with Gasteiger partial charge in [-0.3, -0.25) is 4.79 Å². The highest BCUT2D eigenvalue weighted by molar-refractivity contribution is 9.10. The van der Waals surface area contributed by atoms with Crippen molar-refractivity contribution in [1.29, 1.82) is 0 Å². The van der Waals surface area contributed by atoms with Gasteiger partial charge in [0.25, 0.3) is 0 Å². The van der Waals surface area contributed by atoms with Crippen molar-refractivity contribution >= 4 is 34.3 Å². The van der Waals surface area contributed by atoms with Crippen molar-refractivity contribution in [2.45, 2.75) is 44.8 Å². The van der Waals surface area contributed by atoms with Crippen LogP contribution in [0.25, 0.3) is 0 Å². The zero-order chi connectivity index (χ0) is 15.4. The summed E-state index contributed by atoms with van der Waals surface area (Å²) in [5.74, 6) is 1.12. The first-order chi connectivity index (χ1) is 10.0. The molecule has 4 nitrogen and oxygen atoms in total. The van der Waals surface area contributed by atoms with E-state index in [9.17, 15) is 4.79 Å². The SMILES string of the molecule is CCC(C)c1ccc(OC2CNC(C(=O)OC)C2)c(Br)c1.Cl. The fourth-order valence-corrected chi connectivity index (χ4v) is 2.94. The Hall–Kier alpha value is -0.780. The van der Waals surface area contributed by atoms with Crippen LogP contribution in [0.3, 0.4) is 0 Å². The first kappa shape index (κ1) is 19.3. The predicted octanol–water partition coefficient (Wildman–Crippen LogP) is 3.67. The van der Waals surface area contributed by atoms with Gasteiger partial charge in [0.15, 0.2) is 0 Å². The van der Waals surface area contributed by atoms with Gasteiger partial charge in [-0.15, -0.1) is 12.4 Å². The van der Waals surface area contributed by atoms with Crippen LogP contribution < -0.4 is 10.1 Å². The summed E-state index contributed by atoms with van der Waals surface area (Å²) in [4.78, 5) is 11.5. The minimum atomic E-state index is -0.266. The van der Waals surface area contributed by atoms with Crippen LogP contribution in [0.1, 0.15) is 38.2 Å². The number of hydrogen-bond donors (Lipinski definition) is 1. The van der Waals surface area contributed by atoms with Crippen LogP contribution >= 0.6 is 28.3 Å². The van der Waals surface area contributed by atoms with Crippen LogP contribution in [0.15, 0.2) is 22.7 Å². The largest absolute Gasteiger partial charge is 0.488 e. The van der Waals surface area contributed by atoms with E-state index in [1.807, 2.05) is 6.07 Å². The molecule has 1 fully saturated rings. The number of carbonyl (C=O) groups excluding carboxylic acids is 1. The summed E-state index contributed by atoms with van der Waals surface area (Å²) < 4.78 is 11.7. The second kappa shape index (κ2) is 8.75. The van der Waals surface area contributed by atoms with E-state index >= 15 is 0 Å². The molecule has 0 aromatic heterocycles. The minimum Gasteiger partial charge on any atom is -0.488 e. The molecule has 0 radical (unpaired) electrons. The number of benzene rings is 1. The van der Waals surface area contributed by atoms with Gasteiger partial charge in [-0.1, -0.05) is 19.9 Å². The highest BCUT2D eigenvalue weighted by Gasteiger charge is 2.31. The van der Waals surface area contributed by atoms with E-state index in [4.69, 9.17) is 9.47 Å². The Morgan fingerprint density at radius 1 is 1.50 bits per heavy atom. The van der Waals surface area contributed by atoms with Crippen LogP contribution in [0.5, 0.6) is 5.75 Å². The van der Waals surface area contributed by atoms with Gasteiger partial charge < -0.3 is 14.8 Å². The Morgan fingerprint density at radius 2 is 2.23 bits per heavy atom. The maximum absolute atomic E-state index is 11.5. The summed E-state index contributed by atoms with van der Waals surface area (Å²) >= 11 is 3.57. The molecule has 0 saturated carbocycles. The molecule has 1 aromatic rings. The number of rotatable bonds is 5. The highest BCUT2D eigenvalue weighted by Crippen LogP contribution is 2.31. The van der Waals surface area contributed by atoms with Gasteiger partial charge in [-0.25, -0.2) is 0 Å². The third-order valence-electron chi connectivity index (χ3n) is 4.01. The highest BCUT2D eigenvalue weighted by atomic mass is 79.9. The second-order valence-corrected chi connectivity index (χ2v) is 6.31. The van der Waals surface area contributed by atoms with Crippen LogP contribution in [-0.4, -0.2) is 31.8 Å². The standard InChI is InChI=1S/C16H22BrNO3.ClH/c1-4-10(2)11-5-6-15(13(17)7-11)21-12-8-14(18-9-12)16(19)20-3;/h5-7,10,12,14,18H,4,8-9H2,1-3H3;1H. The number of methoxy groups -OCH3 is 1. The third-order valence-corrected chi connectivity index (χ3v) is 4.63. The molecule has 2 rings (SSSR count). The summed E-state index contributed by atoms with van der Waals surface area (Å²) in [7, 11) is 1.41. The Kier molecular flexibility index (Phi) is 7.66. The monoisotopic (exact) mass is 391 g/mol. The van der Waals surface area contributed by atoms with Gasteiger partial charge >= 0.3 is 5.97 Å². The molecule has 1 heterocycles. The van der Waals surface area contributed by atoms with Gasteiger partial charge in [0.2, 0.25) is 0 Å². The summed E-state index contributed by atoms with van der Waals surface area (Å²) in [5.41, 5.74) is 1.30. The average Bonchev–Trinajstić information content (AvgIpc) is 2.96. The van der Waals surface area contributed by atoms with Crippen molar-refractivity contribution in [2.75, 3.05) is 13.7 Å². The quantitative estimate of drug-likeness (QED) is 0.777. The zero-order valence-electron chi connectivity index (χ0n) is 13.1. The Labute approximate surface area is 146 Å². The second-order valence-electron chi connectivity index (χ2n) is 5.46. The summed E-state index contributed by atoms with van der Waals surface area (Å²) in [6.45, 7) is 5.05. The number of hydrogen-bond acceptors (Lipinski definition) is 4. The lowest BCUT2D eigenvalue weighted by Gasteiger charge is -2.16. The van der Waals surface area contributed by atoms with E-state index in [1.165, 1.54) is 12.7 Å². The smallest absolute Gasteiger partial charge is 0.323 e. The van der Waals surface area contributed by atoms with Gasteiger partial charge in [0.1, 0.15) is 17.9 Å². The summed E-state index contributed by atoms with van der Waals surface area (Å²) in [6, 6.07) is 5.95.